The highest BCUT2D eigenvalue weighted by molar-refractivity contribution is 6.31. The van der Waals surface area contributed by atoms with Gasteiger partial charge in [0.2, 0.25) is 17.7 Å². The van der Waals surface area contributed by atoms with E-state index < -0.39 is 0 Å². The second-order valence-electron chi connectivity index (χ2n) is 7.26. The van der Waals surface area contributed by atoms with Gasteiger partial charge >= 0.3 is 0 Å². The van der Waals surface area contributed by atoms with Gasteiger partial charge in [-0.25, -0.2) is 0 Å². The Labute approximate surface area is 152 Å². The van der Waals surface area contributed by atoms with E-state index in [1.807, 2.05) is 13.0 Å². The van der Waals surface area contributed by atoms with Crippen molar-refractivity contribution in [1.82, 2.24) is 4.90 Å². The predicted octanol–water partition coefficient (Wildman–Crippen LogP) is 3.38. The molecule has 1 saturated heterocycles. The van der Waals surface area contributed by atoms with E-state index in [1.54, 1.807) is 12.1 Å². The third-order valence-corrected chi connectivity index (χ3v) is 5.82. The maximum atomic E-state index is 12.7. The van der Waals surface area contributed by atoms with Crippen LogP contribution >= 0.6 is 11.6 Å². The molecule has 3 atom stereocenters. The molecule has 1 aromatic rings. The van der Waals surface area contributed by atoms with Gasteiger partial charge in [0, 0.05) is 17.6 Å². The van der Waals surface area contributed by atoms with Gasteiger partial charge in [-0.15, -0.1) is 0 Å². The molecule has 1 aliphatic carbocycles. The van der Waals surface area contributed by atoms with Gasteiger partial charge in [-0.1, -0.05) is 24.6 Å². The summed E-state index contributed by atoms with van der Waals surface area (Å²) >= 11 is 6.17. The Balaban J connectivity index is 1.85. The van der Waals surface area contributed by atoms with Crippen LogP contribution in [0.3, 0.4) is 0 Å². The van der Waals surface area contributed by atoms with E-state index in [0.29, 0.717) is 16.6 Å². The molecule has 6 heteroatoms. The standard InChI is InChI=1S/C19H23ClN2O3/c1-11-4-7-15-16(8-11)19(25)22(18(15)24)10-21(13(3)23)14-6-5-12(2)17(20)9-14/h5-6,9,11,15-16H,4,7-8,10H2,1-3H3/t11-,15-,16-/m0/s1. The van der Waals surface area contributed by atoms with Gasteiger partial charge in [-0.05, 0) is 49.8 Å². The normalized spacial score (nSPS) is 25.9. The Hall–Kier alpha value is -1.88. The highest BCUT2D eigenvalue weighted by atomic mass is 35.5. The van der Waals surface area contributed by atoms with E-state index in [0.717, 1.165) is 24.8 Å². The number of benzene rings is 1. The lowest BCUT2D eigenvalue weighted by Gasteiger charge is -2.26. The Morgan fingerprint density at radius 2 is 1.92 bits per heavy atom. The average Bonchev–Trinajstić information content (AvgIpc) is 2.79. The van der Waals surface area contributed by atoms with E-state index in [2.05, 4.69) is 6.92 Å². The first-order valence-electron chi connectivity index (χ1n) is 8.69. The number of carbonyl (C=O) groups is 3. The van der Waals surface area contributed by atoms with E-state index >= 15 is 0 Å². The number of rotatable bonds is 3. The van der Waals surface area contributed by atoms with Crippen LogP contribution in [0.25, 0.3) is 0 Å². The van der Waals surface area contributed by atoms with Gasteiger partial charge in [0.1, 0.15) is 6.67 Å². The third-order valence-electron chi connectivity index (χ3n) is 5.41. The van der Waals surface area contributed by atoms with Gasteiger partial charge in [0.15, 0.2) is 0 Å². The fourth-order valence-electron chi connectivity index (χ4n) is 3.85. The topological polar surface area (TPSA) is 57.7 Å². The summed E-state index contributed by atoms with van der Waals surface area (Å²) in [6.07, 6.45) is 2.48. The van der Waals surface area contributed by atoms with Gasteiger partial charge in [-0.3, -0.25) is 24.2 Å². The predicted molar refractivity (Wildman–Crippen MR) is 96.1 cm³/mol. The number of hydrogen-bond donors (Lipinski definition) is 0. The number of carbonyl (C=O) groups excluding carboxylic acids is 3. The molecule has 0 N–H and O–H groups in total. The van der Waals surface area contributed by atoms with Crippen molar-refractivity contribution in [1.29, 1.82) is 0 Å². The molecule has 3 amide bonds. The second kappa shape index (κ2) is 6.79. The molecule has 2 aliphatic rings. The van der Waals surface area contributed by atoms with Crippen molar-refractivity contribution in [3.63, 3.8) is 0 Å². The molecule has 3 rings (SSSR count). The summed E-state index contributed by atoms with van der Waals surface area (Å²) in [5.74, 6) is -0.523. The lowest BCUT2D eigenvalue weighted by atomic mass is 9.76. The Morgan fingerprint density at radius 1 is 1.24 bits per heavy atom. The molecule has 134 valence electrons. The lowest BCUT2D eigenvalue weighted by molar-refractivity contribution is -0.140. The molecule has 2 fully saturated rings. The highest BCUT2D eigenvalue weighted by Crippen LogP contribution is 2.40. The number of fused-ring (bicyclic) bond motifs is 1. The van der Waals surface area contributed by atoms with Crippen LogP contribution in [0.5, 0.6) is 0 Å². The molecular weight excluding hydrogens is 340 g/mol. The van der Waals surface area contributed by atoms with Crippen molar-refractivity contribution < 1.29 is 14.4 Å². The van der Waals surface area contributed by atoms with Crippen LogP contribution in [0.4, 0.5) is 5.69 Å². The zero-order chi connectivity index (χ0) is 18.3. The number of likely N-dealkylation sites (tertiary alicyclic amines) is 1. The molecule has 25 heavy (non-hydrogen) atoms. The van der Waals surface area contributed by atoms with Gasteiger partial charge < -0.3 is 0 Å². The number of nitrogens with zero attached hydrogens (tertiary/aromatic N) is 2. The van der Waals surface area contributed by atoms with Crippen molar-refractivity contribution in [3.8, 4) is 0 Å². The quantitative estimate of drug-likeness (QED) is 0.774. The van der Waals surface area contributed by atoms with Crippen LogP contribution in [0, 0.1) is 24.7 Å². The minimum Gasteiger partial charge on any atom is -0.294 e. The van der Waals surface area contributed by atoms with E-state index in [-0.39, 0.29) is 36.2 Å². The molecule has 5 nitrogen and oxygen atoms in total. The van der Waals surface area contributed by atoms with Crippen molar-refractivity contribution in [2.45, 2.75) is 40.0 Å². The average molecular weight is 363 g/mol. The van der Waals surface area contributed by atoms with Crippen LogP contribution in [0.1, 0.15) is 38.7 Å². The molecule has 0 aromatic heterocycles. The Bertz CT molecular complexity index is 733. The Morgan fingerprint density at radius 3 is 2.56 bits per heavy atom. The zero-order valence-corrected chi connectivity index (χ0v) is 15.5. The SMILES string of the molecule is CC(=O)N(CN1C(=O)[C@H]2CC[C@H](C)C[C@@H]2C1=O)c1ccc(C)c(Cl)c1. The summed E-state index contributed by atoms with van der Waals surface area (Å²) in [6, 6.07) is 5.30. The molecule has 0 unspecified atom stereocenters. The van der Waals surface area contributed by atoms with Crippen molar-refractivity contribution >= 4 is 35.0 Å². The molecule has 1 aliphatic heterocycles. The smallest absolute Gasteiger partial charge is 0.234 e. The van der Waals surface area contributed by atoms with Crippen molar-refractivity contribution in [2.75, 3.05) is 11.6 Å². The maximum Gasteiger partial charge on any atom is 0.234 e. The van der Waals surface area contributed by atoms with Gasteiger partial charge in [0.25, 0.3) is 0 Å². The van der Waals surface area contributed by atoms with E-state index in [4.69, 9.17) is 11.6 Å². The summed E-state index contributed by atoms with van der Waals surface area (Å²) < 4.78 is 0. The summed E-state index contributed by atoms with van der Waals surface area (Å²) in [5, 5.41) is 0.547. The number of amides is 3. The molecule has 0 radical (unpaired) electrons. The Kier molecular flexibility index (Phi) is 4.87. The van der Waals surface area contributed by atoms with Crippen LogP contribution in [0.2, 0.25) is 5.02 Å². The number of anilines is 1. The summed E-state index contributed by atoms with van der Waals surface area (Å²) in [7, 11) is 0. The van der Waals surface area contributed by atoms with Crippen molar-refractivity contribution in [3.05, 3.63) is 28.8 Å². The number of hydrogen-bond acceptors (Lipinski definition) is 3. The molecule has 0 bridgehead atoms. The molecule has 1 aromatic carbocycles. The molecule has 0 spiro atoms. The number of aryl methyl sites for hydroxylation is 1. The highest BCUT2D eigenvalue weighted by Gasteiger charge is 2.49. The van der Waals surface area contributed by atoms with Crippen LogP contribution in [-0.4, -0.2) is 29.3 Å². The van der Waals surface area contributed by atoms with Crippen LogP contribution in [-0.2, 0) is 14.4 Å². The monoisotopic (exact) mass is 362 g/mol. The fraction of sp³-hybridized carbons (Fsp3) is 0.526. The first-order chi connectivity index (χ1) is 11.8. The molecule has 1 heterocycles. The largest absolute Gasteiger partial charge is 0.294 e. The summed E-state index contributed by atoms with van der Waals surface area (Å²) in [5.41, 5.74) is 1.49. The molecular formula is C19H23ClN2O3. The van der Waals surface area contributed by atoms with E-state index in [9.17, 15) is 14.4 Å². The first kappa shape index (κ1) is 17.9. The lowest BCUT2D eigenvalue weighted by Crippen LogP contribution is -2.44. The maximum absolute atomic E-state index is 12.7. The third kappa shape index (κ3) is 3.30. The summed E-state index contributed by atoms with van der Waals surface area (Å²) in [4.78, 5) is 40.3. The summed E-state index contributed by atoms with van der Waals surface area (Å²) in [6.45, 7) is 5.37. The number of imide groups is 1. The minimum atomic E-state index is -0.233. The first-order valence-corrected chi connectivity index (χ1v) is 9.07. The molecule has 1 saturated carbocycles. The van der Waals surface area contributed by atoms with Gasteiger partial charge in [-0.2, -0.15) is 0 Å². The van der Waals surface area contributed by atoms with Crippen molar-refractivity contribution in [2.24, 2.45) is 17.8 Å². The van der Waals surface area contributed by atoms with Crippen LogP contribution in [0.15, 0.2) is 18.2 Å². The minimum absolute atomic E-state index is 0.0478. The fourth-order valence-corrected chi connectivity index (χ4v) is 4.03. The number of halogens is 1. The van der Waals surface area contributed by atoms with Crippen LogP contribution < -0.4 is 4.90 Å². The van der Waals surface area contributed by atoms with Gasteiger partial charge in [0.05, 0.1) is 11.8 Å². The zero-order valence-electron chi connectivity index (χ0n) is 14.8. The van der Waals surface area contributed by atoms with E-state index in [1.165, 1.54) is 16.7 Å². The second-order valence-corrected chi connectivity index (χ2v) is 7.66.